The van der Waals surface area contributed by atoms with Gasteiger partial charge < -0.3 is 10.1 Å². The zero-order valence-electron chi connectivity index (χ0n) is 10.7. The fraction of sp³-hybridized carbons (Fsp3) is 0.167. The average Bonchev–Trinajstić information content (AvgIpc) is 2.90. The topological polar surface area (TPSA) is 81.2 Å². The Morgan fingerprint density at radius 3 is 2.81 bits per heavy atom. The van der Waals surface area contributed by atoms with Gasteiger partial charge in [-0.1, -0.05) is 23.2 Å². The second-order valence-corrected chi connectivity index (χ2v) is 5.37. The number of anilines is 1. The Hall–Kier alpha value is -1.70. The molecule has 2 heterocycles. The van der Waals surface area contributed by atoms with E-state index in [2.05, 4.69) is 15.5 Å². The zero-order valence-corrected chi connectivity index (χ0v) is 13.1. The second kappa shape index (κ2) is 6.84. The smallest absolute Gasteiger partial charge is 0.341 e. The van der Waals surface area contributed by atoms with Gasteiger partial charge >= 0.3 is 5.97 Å². The molecule has 0 aliphatic heterocycles. The van der Waals surface area contributed by atoms with Crippen LogP contribution in [0.25, 0.3) is 0 Å². The number of hydrogen-bond acceptors (Lipinski definition) is 6. The summed E-state index contributed by atoms with van der Waals surface area (Å²) in [6, 6.07) is 2.86. The van der Waals surface area contributed by atoms with E-state index in [1.165, 1.54) is 17.4 Å². The van der Waals surface area contributed by atoms with E-state index in [0.29, 0.717) is 5.00 Å². The monoisotopic (exact) mass is 345 g/mol. The molecule has 9 heteroatoms. The van der Waals surface area contributed by atoms with Gasteiger partial charge in [0, 0.05) is 0 Å². The molecule has 6 nitrogen and oxygen atoms in total. The van der Waals surface area contributed by atoms with Crippen LogP contribution in [0.4, 0.5) is 5.00 Å². The van der Waals surface area contributed by atoms with Crippen LogP contribution in [0.2, 0.25) is 10.3 Å². The molecule has 21 heavy (non-hydrogen) atoms. The van der Waals surface area contributed by atoms with E-state index in [4.69, 9.17) is 27.9 Å². The van der Waals surface area contributed by atoms with Gasteiger partial charge in [-0.25, -0.2) is 4.79 Å². The molecule has 0 saturated carbocycles. The first-order valence-electron chi connectivity index (χ1n) is 5.77. The molecule has 0 bridgehead atoms. The Kier molecular flexibility index (Phi) is 5.11. The first-order valence-corrected chi connectivity index (χ1v) is 7.41. The third-order valence-corrected chi connectivity index (χ3v) is 3.65. The molecule has 0 aliphatic rings. The standard InChI is InChI=1S/C12H9Cl2N3O3S/c1-2-20-12(19)6-3-4-21-11(6)15-10(18)7-5-8(13)16-17-9(7)14/h3-5H,2H2,1H3,(H,15,18). The normalized spacial score (nSPS) is 10.2. The van der Waals surface area contributed by atoms with E-state index < -0.39 is 11.9 Å². The second-order valence-electron chi connectivity index (χ2n) is 3.71. The fourth-order valence-electron chi connectivity index (χ4n) is 1.46. The van der Waals surface area contributed by atoms with Gasteiger partial charge in [0.25, 0.3) is 5.91 Å². The molecule has 2 aromatic heterocycles. The molecule has 0 saturated heterocycles. The molecule has 0 radical (unpaired) electrons. The van der Waals surface area contributed by atoms with Crippen LogP contribution in [-0.4, -0.2) is 28.7 Å². The zero-order chi connectivity index (χ0) is 15.4. The summed E-state index contributed by atoms with van der Waals surface area (Å²) in [6.07, 6.45) is 0. The SMILES string of the molecule is CCOC(=O)c1ccsc1NC(=O)c1cc(Cl)nnc1Cl. The first kappa shape index (κ1) is 15.7. The molecule has 0 aromatic carbocycles. The van der Waals surface area contributed by atoms with Crippen LogP contribution in [-0.2, 0) is 4.74 Å². The number of esters is 1. The highest BCUT2D eigenvalue weighted by Gasteiger charge is 2.19. The molecule has 0 aliphatic carbocycles. The van der Waals surface area contributed by atoms with Gasteiger partial charge in [0.15, 0.2) is 10.3 Å². The number of hydrogen-bond donors (Lipinski definition) is 1. The number of carbonyl (C=O) groups is 2. The van der Waals surface area contributed by atoms with Gasteiger partial charge in [0.2, 0.25) is 0 Å². The summed E-state index contributed by atoms with van der Waals surface area (Å²) in [5.74, 6) is -1.05. The summed E-state index contributed by atoms with van der Waals surface area (Å²) < 4.78 is 4.90. The van der Waals surface area contributed by atoms with Crippen molar-refractivity contribution in [3.05, 3.63) is 38.9 Å². The van der Waals surface area contributed by atoms with Crippen molar-refractivity contribution in [2.24, 2.45) is 0 Å². The maximum atomic E-state index is 12.2. The van der Waals surface area contributed by atoms with E-state index in [0.717, 1.165) is 0 Å². The maximum absolute atomic E-state index is 12.2. The van der Waals surface area contributed by atoms with Crippen molar-refractivity contribution in [3.63, 3.8) is 0 Å². The van der Waals surface area contributed by atoms with E-state index in [-0.39, 0.29) is 28.0 Å². The Morgan fingerprint density at radius 1 is 1.33 bits per heavy atom. The van der Waals surface area contributed by atoms with E-state index in [9.17, 15) is 9.59 Å². The number of rotatable bonds is 4. The molecule has 2 aromatic rings. The van der Waals surface area contributed by atoms with E-state index in [1.54, 1.807) is 18.4 Å². The van der Waals surface area contributed by atoms with Crippen LogP contribution in [0.5, 0.6) is 0 Å². The summed E-state index contributed by atoms with van der Waals surface area (Å²) in [5, 5.41) is 11.6. The van der Waals surface area contributed by atoms with Crippen molar-refractivity contribution in [2.45, 2.75) is 6.92 Å². The minimum absolute atomic E-state index is 0.0429. The Labute approximate surface area is 134 Å². The number of halogens is 2. The largest absolute Gasteiger partial charge is 0.462 e. The summed E-state index contributed by atoms with van der Waals surface area (Å²) in [6.45, 7) is 1.95. The highest BCUT2D eigenvalue weighted by atomic mass is 35.5. The first-order chi connectivity index (χ1) is 10.0. The van der Waals surface area contributed by atoms with Gasteiger partial charge in [-0.15, -0.1) is 21.5 Å². The number of nitrogens with one attached hydrogen (secondary N) is 1. The fourth-order valence-corrected chi connectivity index (χ4v) is 2.55. The van der Waals surface area contributed by atoms with Crippen LogP contribution in [0.1, 0.15) is 27.6 Å². The Balaban J connectivity index is 2.22. The van der Waals surface area contributed by atoms with E-state index >= 15 is 0 Å². The molecular weight excluding hydrogens is 337 g/mol. The lowest BCUT2D eigenvalue weighted by molar-refractivity contribution is 0.0528. The number of nitrogens with zero attached hydrogens (tertiary/aromatic N) is 2. The molecule has 2 rings (SSSR count). The van der Waals surface area contributed by atoms with Gasteiger partial charge in [-0.3, -0.25) is 4.79 Å². The third-order valence-electron chi connectivity index (χ3n) is 2.35. The molecule has 0 unspecified atom stereocenters. The van der Waals surface area contributed by atoms with Crippen LogP contribution >= 0.6 is 34.5 Å². The lowest BCUT2D eigenvalue weighted by atomic mass is 10.2. The molecular formula is C12H9Cl2N3O3S. The third kappa shape index (κ3) is 3.69. The highest BCUT2D eigenvalue weighted by molar-refractivity contribution is 7.14. The van der Waals surface area contributed by atoms with Gasteiger partial charge in [-0.05, 0) is 24.4 Å². The van der Waals surface area contributed by atoms with Crippen LogP contribution in [0, 0.1) is 0 Å². The average molecular weight is 346 g/mol. The summed E-state index contributed by atoms with van der Waals surface area (Å²) in [4.78, 5) is 23.9. The van der Waals surface area contributed by atoms with Gasteiger partial charge in [-0.2, -0.15) is 0 Å². The molecule has 110 valence electrons. The van der Waals surface area contributed by atoms with Gasteiger partial charge in [0.1, 0.15) is 5.00 Å². The summed E-state index contributed by atoms with van der Waals surface area (Å²) in [7, 11) is 0. The highest BCUT2D eigenvalue weighted by Crippen LogP contribution is 2.26. The van der Waals surface area contributed by atoms with E-state index in [1.807, 2.05) is 0 Å². The molecule has 1 amide bonds. The van der Waals surface area contributed by atoms with Crippen LogP contribution in [0.3, 0.4) is 0 Å². The molecule has 0 atom stereocenters. The molecule has 0 spiro atoms. The quantitative estimate of drug-likeness (QED) is 0.860. The minimum atomic E-state index is -0.537. The predicted octanol–water partition coefficient (Wildman–Crippen LogP) is 3.27. The number of aromatic nitrogens is 2. The van der Waals surface area contributed by atoms with Gasteiger partial charge in [0.05, 0.1) is 17.7 Å². The Morgan fingerprint density at radius 2 is 2.10 bits per heavy atom. The van der Waals surface area contributed by atoms with Crippen molar-refractivity contribution < 1.29 is 14.3 Å². The van der Waals surface area contributed by atoms with Crippen LogP contribution in [0.15, 0.2) is 17.5 Å². The predicted molar refractivity (Wildman–Crippen MR) is 80.3 cm³/mol. The molecule has 0 fully saturated rings. The summed E-state index contributed by atoms with van der Waals surface area (Å²) in [5.41, 5.74) is 0.347. The van der Waals surface area contributed by atoms with Crippen molar-refractivity contribution >= 4 is 51.4 Å². The Bertz CT molecular complexity index is 690. The van der Waals surface area contributed by atoms with Crippen molar-refractivity contribution in [1.29, 1.82) is 0 Å². The number of carbonyl (C=O) groups excluding carboxylic acids is 2. The number of ether oxygens (including phenoxy) is 1. The lowest BCUT2D eigenvalue weighted by Crippen LogP contribution is -2.15. The minimum Gasteiger partial charge on any atom is -0.462 e. The van der Waals surface area contributed by atoms with Crippen molar-refractivity contribution in [3.8, 4) is 0 Å². The summed E-state index contributed by atoms with van der Waals surface area (Å²) >= 11 is 12.7. The van der Waals surface area contributed by atoms with Crippen molar-refractivity contribution in [1.82, 2.24) is 10.2 Å². The van der Waals surface area contributed by atoms with Crippen molar-refractivity contribution in [2.75, 3.05) is 11.9 Å². The number of amides is 1. The number of thiophene rings is 1. The van der Waals surface area contributed by atoms with Crippen LogP contribution < -0.4 is 5.32 Å². The maximum Gasteiger partial charge on any atom is 0.341 e. The molecule has 1 N–H and O–H groups in total. The lowest BCUT2D eigenvalue weighted by Gasteiger charge is -2.06.